The predicted molar refractivity (Wildman–Crippen MR) is 83.3 cm³/mol. The number of benzene rings is 2. The second-order valence-electron chi connectivity index (χ2n) is 5.22. The average molecular weight is 315 g/mol. The molecule has 118 valence electrons. The van der Waals surface area contributed by atoms with Crippen molar-refractivity contribution in [1.82, 2.24) is 4.98 Å². The summed E-state index contributed by atoms with van der Waals surface area (Å²) in [7, 11) is 0. The smallest absolute Gasteiger partial charge is 0.341 e. The molecule has 1 N–H and O–H groups in total. The van der Waals surface area contributed by atoms with Crippen LogP contribution < -0.4 is 0 Å². The van der Waals surface area contributed by atoms with Gasteiger partial charge in [0.25, 0.3) is 0 Å². The largest absolute Gasteiger partial charge is 0.462 e. The summed E-state index contributed by atoms with van der Waals surface area (Å²) < 4.78 is 31.8. The molecule has 0 aliphatic carbocycles. The highest BCUT2D eigenvalue weighted by molar-refractivity contribution is 5.89. The molecule has 0 spiro atoms. The van der Waals surface area contributed by atoms with E-state index in [0.29, 0.717) is 12.8 Å². The molecule has 0 amide bonds. The van der Waals surface area contributed by atoms with Crippen molar-refractivity contribution in [2.24, 2.45) is 0 Å². The Morgan fingerprint density at radius 2 is 1.96 bits per heavy atom. The van der Waals surface area contributed by atoms with E-state index in [1.54, 1.807) is 12.1 Å². The number of nitrogens with one attached hydrogen (secondary N) is 1. The van der Waals surface area contributed by atoms with Gasteiger partial charge >= 0.3 is 5.97 Å². The van der Waals surface area contributed by atoms with Crippen LogP contribution in [0.5, 0.6) is 0 Å². The van der Waals surface area contributed by atoms with Crippen molar-refractivity contribution >= 4 is 16.9 Å². The number of carbonyl (C=O) groups excluding carboxylic acids is 1. The molecular weight excluding hydrogens is 300 g/mol. The molecule has 0 unspecified atom stereocenters. The van der Waals surface area contributed by atoms with Gasteiger partial charge in [-0.1, -0.05) is 12.1 Å². The summed E-state index contributed by atoms with van der Waals surface area (Å²) in [5.74, 6) is -1.55. The van der Waals surface area contributed by atoms with Crippen LogP contribution in [0, 0.1) is 11.6 Å². The van der Waals surface area contributed by atoms with Crippen molar-refractivity contribution in [1.29, 1.82) is 0 Å². The van der Waals surface area contributed by atoms with E-state index in [0.717, 1.165) is 16.5 Å². The zero-order chi connectivity index (χ0) is 16.2. The third-order valence-electron chi connectivity index (χ3n) is 3.65. The van der Waals surface area contributed by atoms with Crippen LogP contribution in [0.4, 0.5) is 8.78 Å². The Morgan fingerprint density at radius 3 is 2.78 bits per heavy atom. The van der Waals surface area contributed by atoms with Gasteiger partial charge in [-0.15, -0.1) is 0 Å². The zero-order valence-electron chi connectivity index (χ0n) is 12.3. The summed E-state index contributed by atoms with van der Waals surface area (Å²) >= 11 is 0. The van der Waals surface area contributed by atoms with Gasteiger partial charge in [-0.3, -0.25) is 0 Å². The van der Waals surface area contributed by atoms with E-state index in [1.165, 1.54) is 30.3 Å². The van der Waals surface area contributed by atoms with Gasteiger partial charge in [0.1, 0.15) is 11.6 Å². The minimum Gasteiger partial charge on any atom is -0.462 e. The van der Waals surface area contributed by atoms with E-state index in [4.69, 9.17) is 4.74 Å². The third kappa shape index (κ3) is 3.39. The first-order valence-corrected chi connectivity index (χ1v) is 7.32. The Bertz CT molecular complexity index is 842. The summed E-state index contributed by atoms with van der Waals surface area (Å²) in [5.41, 5.74) is 1.76. The fraction of sp³-hybridized carbons (Fsp3) is 0.167. The molecule has 0 radical (unpaired) electrons. The standard InChI is InChI=1S/C18H15F2NO2/c19-13-7-8-17-15(10-13)12(11-21-17)4-3-9-23-18(22)14-5-1-2-6-16(14)20/h1-2,5-8,10-11,21H,3-4,9H2. The molecule has 3 aromatic rings. The van der Waals surface area contributed by atoms with E-state index in [-0.39, 0.29) is 18.0 Å². The molecule has 3 rings (SSSR count). The van der Waals surface area contributed by atoms with Gasteiger partial charge in [0.05, 0.1) is 12.2 Å². The first-order chi connectivity index (χ1) is 11.1. The van der Waals surface area contributed by atoms with E-state index in [9.17, 15) is 13.6 Å². The number of esters is 1. The maximum Gasteiger partial charge on any atom is 0.341 e. The second-order valence-corrected chi connectivity index (χ2v) is 5.22. The molecule has 5 heteroatoms. The fourth-order valence-corrected chi connectivity index (χ4v) is 2.49. The summed E-state index contributed by atoms with van der Waals surface area (Å²) in [6.45, 7) is 0.176. The number of aryl methyl sites for hydroxylation is 1. The lowest BCUT2D eigenvalue weighted by Crippen LogP contribution is -2.09. The first-order valence-electron chi connectivity index (χ1n) is 7.32. The van der Waals surface area contributed by atoms with Crippen LogP contribution >= 0.6 is 0 Å². The minimum atomic E-state index is -0.673. The number of ether oxygens (including phenoxy) is 1. The summed E-state index contributed by atoms with van der Waals surface area (Å²) in [5, 5.41) is 0.824. The van der Waals surface area contributed by atoms with Crippen molar-refractivity contribution in [3.05, 3.63) is 71.4 Å². The molecular formula is C18H15F2NO2. The topological polar surface area (TPSA) is 42.1 Å². The summed E-state index contributed by atoms with van der Waals surface area (Å²) in [6.07, 6.45) is 3.03. The molecule has 23 heavy (non-hydrogen) atoms. The van der Waals surface area contributed by atoms with Crippen molar-refractivity contribution in [2.45, 2.75) is 12.8 Å². The zero-order valence-corrected chi connectivity index (χ0v) is 12.3. The van der Waals surface area contributed by atoms with Gasteiger partial charge in [0.15, 0.2) is 0 Å². The second kappa shape index (κ2) is 6.60. The van der Waals surface area contributed by atoms with Gasteiger partial charge in [-0.05, 0) is 48.7 Å². The number of aromatic amines is 1. The van der Waals surface area contributed by atoms with Crippen LogP contribution in [0.1, 0.15) is 22.3 Å². The molecule has 1 aromatic heterocycles. The van der Waals surface area contributed by atoms with Gasteiger partial charge in [-0.2, -0.15) is 0 Å². The summed E-state index contributed by atoms with van der Waals surface area (Å²) in [6, 6.07) is 10.3. The van der Waals surface area contributed by atoms with E-state index < -0.39 is 11.8 Å². The first kappa shape index (κ1) is 15.2. The number of hydrogen-bond acceptors (Lipinski definition) is 2. The van der Waals surface area contributed by atoms with Crippen LogP contribution in [0.25, 0.3) is 10.9 Å². The van der Waals surface area contributed by atoms with Crippen molar-refractivity contribution < 1.29 is 18.3 Å². The molecule has 2 aromatic carbocycles. The number of aromatic nitrogens is 1. The average Bonchev–Trinajstić information content (AvgIpc) is 2.94. The van der Waals surface area contributed by atoms with Gasteiger partial charge in [-0.25, -0.2) is 13.6 Å². The number of halogens is 2. The van der Waals surface area contributed by atoms with E-state index in [1.807, 2.05) is 6.20 Å². The SMILES string of the molecule is O=C(OCCCc1c[nH]c2ccc(F)cc12)c1ccccc1F. The van der Waals surface area contributed by atoms with E-state index >= 15 is 0 Å². The third-order valence-corrected chi connectivity index (χ3v) is 3.65. The number of carbonyl (C=O) groups is 1. The van der Waals surface area contributed by atoms with Crippen molar-refractivity contribution in [3.63, 3.8) is 0 Å². The lowest BCUT2D eigenvalue weighted by Gasteiger charge is -2.05. The molecule has 3 nitrogen and oxygen atoms in total. The minimum absolute atomic E-state index is 0.0679. The molecule has 0 aliphatic heterocycles. The number of fused-ring (bicyclic) bond motifs is 1. The van der Waals surface area contributed by atoms with Crippen LogP contribution in [0.2, 0.25) is 0 Å². The van der Waals surface area contributed by atoms with Crippen LogP contribution in [0.3, 0.4) is 0 Å². The lowest BCUT2D eigenvalue weighted by atomic mass is 10.1. The fourth-order valence-electron chi connectivity index (χ4n) is 2.49. The Morgan fingerprint density at radius 1 is 1.13 bits per heavy atom. The van der Waals surface area contributed by atoms with Crippen molar-refractivity contribution in [3.8, 4) is 0 Å². The quantitative estimate of drug-likeness (QED) is 0.565. The molecule has 0 aliphatic rings. The highest BCUT2D eigenvalue weighted by atomic mass is 19.1. The van der Waals surface area contributed by atoms with Gasteiger partial charge in [0.2, 0.25) is 0 Å². The van der Waals surface area contributed by atoms with Crippen LogP contribution in [0.15, 0.2) is 48.7 Å². The normalized spacial score (nSPS) is 10.9. The highest BCUT2D eigenvalue weighted by Crippen LogP contribution is 2.20. The molecule has 0 fully saturated rings. The van der Waals surface area contributed by atoms with Crippen molar-refractivity contribution in [2.75, 3.05) is 6.61 Å². The van der Waals surface area contributed by atoms with Gasteiger partial charge < -0.3 is 9.72 Å². The van der Waals surface area contributed by atoms with Crippen LogP contribution in [-0.4, -0.2) is 17.6 Å². The Hall–Kier alpha value is -2.69. The molecule has 0 bridgehead atoms. The number of H-pyrrole nitrogens is 1. The van der Waals surface area contributed by atoms with Crippen LogP contribution in [-0.2, 0) is 11.2 Å². The Balaban J connectivity index is 1.56. The van der Waals surface area contributed by atoms with Gasteiger partial charge in [0, 0.05) is 17.1 Å². The monoisotopic (exact) mass is 315 g/mol. The highest BCUT2D eigenvalue weighted by Gasteiger charge is 2.12. The maximum absolute atomic E-state index is 13.4. The molecule has 1 heterocycles. The predicted octanol–water partition coefficient (Wildman–Crippen LogP) is 4.24. The number of rotatable bonds is 5. The Kier molecular flexibility index (Phi) is 4.37. The van der Waals surface area contributed by atoms with E-state index in [2.05, 4.69) is 4.98 Å². The maximum atomic E-state index is 13.4. The molecule has 0 saturated carbocycles. The Labute approximate surface area is 131 Å². The molecule has 0 atom stereocenters. The lowest BCUT2D eigenvalue weighted by molar-refractivity contribution is 0.0495. The molecule has 0 saturated heterocycles. The number of hydrogen-bond donors (Lipinski definition) is 1. The summed E-state index contributed by atoms with van der Waals surface area (Å²) in [4.78, 5) is 14.8.